The SMILES string of the molecule is COC(=O)C1=C(C(F)(F)F)NC(C)=C(C(=O)OCCCNc2ccc(OCC(O)CNC(C)C)cc2)C1c1cccc([N+](=O)[O-])c1. The summed E-state index contributed by atoms with van der Waals surface area (Å²) in [6, 6.07) is 11.9. The molecule has 2 aromatic carbocycles. The molecule has 0 saturated carbocycles. The molecule has 1 aliphatic rings. The molecule has 15 heteroatoms. The molecular formula is C31H37F3N4O8. The van der Waals surface area contributed by atoms with Gasteiger partial charge in [-0.25, -0.2) is 9.59 Å². The highest BCUT2D eigenvalue weighted by molar-refractivity contribution is 6.00. The maximum absolute atomic E-state index is 14.1. The van der Waals surface area contributed by atoms with Gasteiger partial charge in [-0.1, -0.05) is 26.0 Å². The van der Waals surface area contributed by atoms with Crippen LogP contribution in [0.3, 0.4) is 0 Å². The highest BCUT2D eigenvalue weighted by atomic mass is 19.4. The molecule has 0 spiro atoms. The fourth-order valence-corrected chi connectivity index (χ4v) is 4.64. The Balaban J connectivity index is 1.67. The summed E-state index contributed by atoms with van der Waals surface area (Å²) in [5.74, 6) is -3.46. The van der Waals surface area contributed by atoms with Crippen molar-refractivity contribution in [3.63, 3.8) is 0 Å². The van der Waals surface area contributed by atoms with Gasteiger partial charge in [-0.15, -0.1) is 0 Å². The number of halogens is 3. The second-order valence-corrected chi connectivity index (χ2v) is 10.7. The van der Waals surface area contributed by atoms with Gasteiger partial charge in [-0.05, 0) is 43.2 Å². The molecule has 46 heavy (non-hydrogen) atoms. The first-order chi connectivity index (χ1) is 21.7. The van der Waals surface area contributed by atoms with E-state index in [4.69, 9.17) is 9.47 Å². The molecule has 0 aliphatic carbocycles. The standard InChI is InChI=1S/C31H37F3N4O8/c1-18(2)36-16-23(39)17-46-24-11-9-21(10-12-24)35-13-6-14-45-30(41)25-19(3)37-28(31(32,33)34)27(29(40)44-4)26(25)20-7-5-8-22(15-20)38(42)43/h5,7-12,15,18,23,26,35-37,39H,6,13-14,16-17H2,1-4H3. The van der Waals surface area contributed by atoms with Crippen LogP contribution in [0.5, 0.6) is 5.75 Å². The largest absolute Gasteiger partial charge is 0.491 e. The summed E-state index contributed by atoms with van der Waals surface area (Å²) < 4.78 is 57.8. The lowest BCUT2D eigenvalue weighted by molar-refractivity contribution is -0.384. The van der Waals surface area contributed by atoms with Gasteiger partial charge in [0.2, 0.25) is 0 Å². The number of benzene rings is 2. The van der Waals surface area contributed by atoms with Crippen molar-refractivity contribution in [1.29, 1.82) is 0 Å². The van der Waals surface area contributed by atoms with Gasteiger partial charge in [0.25, 0.3) is 5.69 Å². The van der Waals surface area contributed by atoms with Crippen LogP contribution in [0.1, 0.15) is 38.7 Å². The van der Waals surface area contributed by atoms with Crippen LogP contribution in [-0.2, 0) is 19.1 Å². The third kappa shape index (κ3) is 9.68. The first kappa shape index (κ1) is 35.8. The van der Waals surface area contributed by atoms with E-state index in [1.54, 1.807) is 24.3 Å². The molecule has 0 amide bonds. The summed E-state index contributed by atoms with van der Waals surface area (Å²) in [5.41, 5.74) is -2.71. The molecular weight excluding hydrogens is 613 g/mol. The van der Waals surface area contributed by atoms with E-state index in [1.807, 2.05) is 13.8 Å². The van der Waals surface area contributed by atoms with Crippen molar-refractivity contribution in [2.75, 3.05) is 38.7 Å². The smallest absolute Gasteiger partial charge is 0.431 e. The molecule has 3 rings (SSSR count). The average molecular weight is 651 g/mol. The summed E-state index contributed by atoms with van der Waals surface area (Å²) in [6.07, 6.45) is -5.39. The van der Waals surface area contributed by atoms with Crippen LogP contribution < -0.4 is 20.7 Å². The second kappa shape index (κ2) is 16.1. The Morgan fingerprint density at radius 2 is 1.80 bits per heavy atom. The van der Waals surface area contributed by atoms with Crippen molar-refractivity contribution >= 4 is 23.3 Å². The number of aliphatic hydroxyl groups is 1. The van der Waals surface area contributed by atoms with Gasteiger partial charge in [-0.2, -0.15) is 13.2 Å². The van der Waals surface area contributed by atoms with E-state index >= 15 is 0 Å². The monoisotopic (exact) mass is 650 g/mol. The van der Waals surface area contributed by atoms with Gasteiger partial charge in [0.05, 0.1) is 35.7 Å². The number of anilines is 1. The van der Waals surface area contributed by atoms with Gasteiger partial charge >= 0.3 is 18.1 Å². The number of rotatable bonds is 15. The number of methoxy groups -OCH3 is 1. The molecule has 1 aliphatic heterocycles. The number of hydrogen-bond acceptors (Lipinski definition) is 11. The van der Waals surface area contributed by atoms with Crippen molar-refractivity contribution < 1.29 is 47.0 Å². The molecule has 0 bridgehead atoms. The van der Waals surface area contributed by atoms with Gasteiger partial charge in [0.15, 0.2) is 0 Å². The highest BCUT2D eigenvalue weighted by Crippen LogP contribution is 2.44. The van der Waals surface area contributed by atoms with Crippen LogP contribution in [0.25, 0.3) is 0 Å². The normalized spacial score (nSPS) is 15.7. The molecule has 0 saturated heterocycles. The number of nitro groups is 1. The highest BCUT2D eigenvalue weighted by Gasteiger charge is 2.47. The molecule has 1 heterocycles. The summed E-state index contributed by atoms with van der Waals surface area (Å²) in [4.78, 5) is 36.7. The number of hydrogen-bond donors (Lipinski definition) is 4. The van der Waals surface area contributed by atoms with Crippen molar-refractivity contribution in [2.45, 2.75) is 51.4 Å². The Labute approximate surface area is 263 Å². The zero-order chi connectivity index (χ0) is 34.0. The van der Waals surface area contributed by atoms with E-state index < -0.39 is 52.0 Å². The van der Waals surface area contributed by atoms with Gasteiger partial charge in [0.1, 0.15) is 24.2 Å². The number of carbonyl (C=O) groups excluding carboxylic acids is 2. The molecule has 0 fully saturated rings. The lowest BCUT2D eigenvalue weighted by Gasteiger charge is -2.31. The predicted molar refractivity (Wildman–Crippen MR) is 162 cm³/mol. The van der Waals surface area contributed by atoms with Gasteiger partial charge < -0.3 is 35.3 Å². The fourth-order valence-electron chi connectivity index (χ4n) is 4.64. The summed E-state index contributed by atoms with van der Waals surface area (Å²) in [7, 11) is 0.891. The number of nitro benzene ring substituents is 1. The molecule has 250 valence electrons. The lowest BCUT2D eigenvalue weighted by Crippen LogP contribution is -2.38. The minimum absolute atomic E-state index is 0.0972. The maximum atomic E-state index is 14.1. The molecule has 2 atom stereocenters. The van der Waals surface area contributed by atoms with Crippen molar-refractivity contribution in [3.8, 4) is 5.75 Å². The zero-order valence-electron chi connectivity index (χ0n) is 25.8. The van der Waals surface area contributed by atoms with Crippen LogP contribution >= 0.6 is 0 Å². The number of carbonyl (C=O) groups is 2. The third-order valence-corrected chi connectivity index (χ3v) is 6.83. The zero-order valence-corrected chi connectivity index (χ0v) is 25.8. The number of esters is 2. The van der Waals surface area contributed by atoms with Crippen LogP contribution in [0.15, 0.2) is 71.1 Å². The predicted octanol–water partition coefficient (Wildman–Crippen LogP) is 4.33. The number of nitrogens with one attached hydrogen (secondary N) is 3. The number of ether oxygens (including phenoxy) is 3. The van der Waals surface area contributed by atoms with Crippen molar-refractivity contribution in [1.82, 2.24) is 10.6 Å². The number of aliphatic hydroxyl groups excluding tert-OH is 1. The minimum atomic E-state index is -5.04. The maximum Gasteiger partial charge on any atom is 0.431 e. The molecule has 2 aromatic rings. The summed E-state index contributed by atoms with van der Waals surface area (Å²) >= 11 is 0. The summed E-state index contributed by atoms with van der Waals surface area (Å²) in [6.45, 7) is 5.94. The van der Waals surface area contributed by atoms with Gasteiger partial charge in [0, 0.05) is 42.6 Å². The average Bonchev–Trinajstić information content (AvgIpc) is 3.01. The van der Waals surface area contributed by atoms with Crippen LogP contribution in [0.2, 0.25) is 0 Å². The molecule has 0 radical (unpaired) electrons. The quantitative estimate of drug-likeness (QED) is 0.0940. The molecule has 4 N–H and O–H groups in total. The van der Waals surface area contributed by atoms with E-state index in [9.17, 15) is 38.0 Å². The lowest BCUT2D eigenvalue weighted by atomic mass is 9.80. The van der Waals surface area contributed by atoms with E-state index in [1.165, 1.54) is 19.1 Å². The second-order valence-electron chi connectivity index (χ2n) is 10.7. The number of nitrogens with zero attached hydrogens (tertiary/aromatic N) is 1. The van der Waals surface area contributed by atoms with E-state index in [2.05, 4.69) is 20.7 Å². The van der Waals surface area contributed by atoms with Crippen LogP contribution in [0.4, 0.5) is 24.5 Å². The Morgan fingerprint density at radius 3 is 2.41 bits per heavy atom. The van der Waals surface area contributed by atoms with Crippen LogP contribution in [0, 0.1) is 10.1 Å². The fraction of sp³-hybridized carbons (Fsp3) is 0.419. The number of allylic oxidation sites excluding steroid dienone is 2. The number of alkyl halides is 3. The Morgan fingerprint density at radius 1 is 1.11 bits per heavy atom. The summed E-state index contributed by atoms with van der Waals surface area (Å²) in [5, 5.41) is 29.8. The Hall–Kier alpha value is -4.63. The van der Waals surface area contributed by atoms with Crippen LogP contribution in [-0.4, -0.2) is 73.7 Å². The van der Waals surface area contributed by atoms with E-state index in [0.717, 1.165) is 24.9 Å². The first-order valence-corrected chi connectivity index (χ1v) is 14.4. The molecule has 2 unspecified atom stereocenters. The van der Waals surface area contributed by atoms with Crippen molar-refractivity contribution in [3.05, 3.63) is 86.7 Å². The van der Waals surface area contributed by atoms with Crippen molar-refractivity contribution in [2.24, 2.45) is 0 Å². The topological polar surface area (TPSA) is 161 Å². The minimum Gasteiger partial charge on any atom is -0.491 e. The van der Waals surface area contributed by atoms with Gasteiger partial charge in [-0.3, -0.25) is 10.1 Å². The Kier molecular flexibility index (Phi) is 12.5. The number of non-ortho nitro benzene ring substituents is 1. The molecule has 12 nitrogen and oxygen atoms in total. The third-order valence-electron chi connectivity index (χ3n) is 6.83. The first-order valence-electron chi connectivity index (χ1n) is 14.4. The molecule has 0 aromatic heterocycles. The number of dihydropyridines is 1. The Bertz CT molecular complexity index is 1460. The van der Waals surface area contributed by atoms with E-state index in [-0.39, 0.29) is 36.1 Å². The van der Waals surface area contributed by atoms with E-state index in [0.29, 0.717) is 25.3 Å².